The minimum atomic E-state index is -5.10. The molecular weight excluding hydrogens is 526 g/mol. The largest absolute Gasteiger partial charge is 0.421 e. The Morgan fingerprint density at radius 3 is 2.34 bits per heavy atom. The first-order valence-corrected chi connectivity index (χ1v) is 12.8. The highest BCUT2D eigenvalue weighted by Crippen LogP contribution is 2.44. The number of amides is 1. The summed E-state index contributed by atoms with van der Waals surface area (Å²) in [6.07, 6.45) is -3.48. The highest BCUT2D eigenvalue weighted by atomic mass is 32.1. The average molecular weight is 556 g/mol. The maximum atomic E-state index is 15.4. The van der Waals surface area contributed by atoms with Crippen LogP contribution >= 0.6 is 11.3 Å². The SMILES string of the molecule is Cc1c(-c2sc(-c3nnc(C(C)(C)O)n3C)nc2C(=O)N2CCC[C@@H]2C)ccc(C(C)(O)C(F)(F)F)c1F. The molecule has 1 unspecified atom stereocenters. The molecule has 38 heavy (non-hydrogen) atoms. The van der Waals surface area contributed by atoms with Crippen LogP contribution in [0.15, 0.2) is 12.1 Å². The van der Waals surface area contributed by atoms with E-state index in [-0.39, 0.29) is 50.3 Å². The van der Waals surface area contributed by atoms with E-state index in [2.05, 4.69) is 15.2 Å². The number of aliphatic hydroxyl groups is 2. The molecule has 206 valence electrons. The van der Waals surface area contributed by atoms with Gasteiger partial charge in [0.15, 0.2) is 22.3 Å². The lowest BCUT2D eigenvalue weighted by molar-refractivity contribution is -0.259. The van der Waals surface area contributed by atoms with Gasteiger partial charge >= 0.3 is 6.18 Å². The molecule has 3 aromatic rings. The third-order valence-electron chi connectivity index (χ3n) is 6.96. The third kappa shape index (κ3) is 4.60. The molecule has 2 atom stereocenters. The Hall–Kier alpha value is -2.90. The molecule has 2 N–H and O–H groups in total. The first-order valence-electron chi connectivity index (χ1n) is 12.0. The highest BCUT2D eigenvalue weighted by molar-refractivity contribution is 7.18. The van der Waals surface area contributed by atoms with E-state index < -0.39 is 28.8 Å². The number of halogens is 4. The van der Waals surface area contributed by atoms with Crippen molar-refractivity contribution in [2.45, 2.75) is 70.9 Å². The molecule has 0 aliphatic carbocycles. The molecule has 1 aliphatic rings. The van der Waals surface area contributed by atoms with Gasteiger partial charge in [-0.25, -0.2) is 9.37 Å². The maximum absolute atomic E-state index is 15.4. The lowest BCUT2D eigenvalue weighted by Gasteiger charge is -2.28. The molecule has 13 heteroatoms. The Kier molecular flexibility index (Phi) is 6.94. The number of alkyl halides is 3. The Morgan fingerprint density at radius 1 is 1.16 bits per heavy atom. The number of hydrogen-bond donors (Lipinski definition) is 2. The molecule has 2 aromatic heterocycles. The molecule has 1 saturated heterocycles. The van der Waals surface area contributed by atoms with Crippen molar-refractivity contribution in [2.24, 2.45) is 7.05 Å². The van der Waals surface area contributed by atoms with Crippen LogP contribution in [-0.4, -0.2) is 59.5 Å². The number of benzene rings is 1. The molecule has 1 aliphatic heterocycles. The summed E-state index contributed by atoms with van der Waals surface area (Å²) in [6, 6.07) is 2.10. The van der Waals surface area contributed by atoms with Crippen LogP contribution in [0.2, 0.25) is 0 Å². The second-order valence-electron chi connectivity index (χ2n) is 10.3. The summed E-state index contributed by atoms with van der Waals surface area (Å²) in [6.45, 7) is 7.30. The number of rotatable bonds is 5. The number of nitrogens with zero attached hydrogens (tertiary/aromatic N) is 5. The standard InChI is InChI=1S/C25H29F4N5O3S/c1-12-8-7-11-34(12)21(35)17-18(38-20(30-17)19-31-32-22(33(19)6)23(3,4)36)14-9-10-15(16(26)13(14)2)24(5,37)25(27,28)29/h9-10,12,36-37H,7-8,11H2,1-6H3/t12-,24?/m0/s1. The van der Waals surface area contributed by atoms with Gasteiger partial charge in [-0.15, -0.1) is 21.5 Å². The van der Waals surface area contributed by atoms with E-state index in [0.29, 0.717) is 13.5 Å². The number of likely N-dealkylation sites (tertiary alicyclic amines) is 1. The number of carbonyl (C=O) groups excluding carboxylic acids is 1. The zero-order valence-corrected chi connectivity index (χ0v) is 22.6. The van der Waals surface area contributed by atoms with Crippen molar-refractivity contribution in [1.82, 2.24) is 24.6 Å². The molecule has 3 heterocycles. The number of carbonyl (C=O) groups is 1. The van der Waals surface area contributed by atoms with Crippen molar-refractivity contribution in [3.8, 4) is 21.3 Å². The van der Waals surface area contributed by atoms with Crippen molar-refractivity contribution in [3.05, 3.63) is 40.6 Å². The van der Waals surface area contributed by atoms with Crippen LogP contribution in [0.3, 0.4) is 0 Å². The predicted molar refractivity (Wildman–Crippen MR) is 133 cm³/mol. The van der Waals surface area contributed by atoms with Crippen LogP contribution in [0.5, 0.6) is 0 Å². The van der Waals surface area contributed by atoms with Crippen LogP contribution in [0.4, 0.5) is 17.6 Å². The zero-order valence-electron chi connectivity index (χ0n) is 21.8. The van der Waals surface area contributed by atoms with Gasteiger partial charge in [0.25, 0.3) is 5.91 Å². The normalized spacial score (nSPS) is 18.2. The summed E-state index contributed by atoms with van der Waals surface area (Å²) < 4.78 is 57.2. The molecule has 1 fully saturated rings. The summed E-state index contributed by atoms with van der Waals surface area (Å²) in [5, 5.41) is 28.9. The minimum absolute atomic E-state index is 0.0180. The molecule has 1 aromatic carbocycles. The summed E-state index contributed by atoms with van der Waals surface area (Å²) >= 11 is 1.02. The number of aromatic nitrogens is 4. The molecular formula is C25H29F4N5O3S. The monoisotopic (exact) mass is 555 g/mol. The van der Waals surface area contributed by atoms with Gasteiger partial charge in [0.1, 0.15) is 17.1 Å². The smallest absolute Gasteiger partial charge is 0.382 e. The van der Waals surface area contributed by atoms with Crippen LogP contribution in [0, 0.1) is 12.7 Å². The lowest BCUT2D eigenvalue weighted by Crippen LogP contribution is -2.40. The van der Waals surface area contributed by atoms with E-state index in [4.69, 9.17) is 0 Å². The Bertz CT molecular complexity index is 1390. The molecule has 8 nitrogen and oxygen atoms in total. The average Bonchev–Trinajstić information content (AvgIpc) is 3.51. The van der Waals surface area contributed by atoms with Crippen LogP contribution in [-0.2, 0) is 18.2 Å². The molecule has 0 radical (unpaired) electrons. The van der Waals surface area contributed by atoms with E-state index in [0.717, 1.165) is 30.2 Å². The van der Waals surface area contributed by atoms with Crippen molar-refractivity contribution < 1.29 is 32.6 Å². The fraction of sp³-hybridized carbons (Fsp3) is 0.520. The van der Waals surface area contributed by atoms with Gasteiger partial charge in [0, 0.05) is 25.2 Å². The number of thiazole rings is 1. The fourth-order valence-corrected chi connectivity index (χ4v) is 5.78. The van der Waals surface area contributed by atoms with Gasteiger partial charge in [0.05, 0.1) is 4.88 Å². The predicted octanol–water partition coefficient (Wildman–Crippen LogP) is 4.67. The first kappa shape index (κ1) is 28.1. The second-order valence-corrected chi connectivity index (χ2v) is 11.3. The Morgan fingerprint density at radius 2 is 1.82 bits per heavy atom. The molecule has 0 saturated carbocycles. The van der Waals surface area contributed by atoms with Gasteiger partial charge < -0.3 is 19.7 Å². The highest BCUT2D eigenvalue weighted by Gasteiger charge is 2.52. The van der Waals surface area contributed by atoms with Crippen LogP contribution in [0.25, 0.3) is 21.3 Å². The maximum Gasteiger partial charge on any atom is 0.421 e. The lowest BCUT2D eigenvalue weighted by atomic mass is 9.90. The molecule has 1 amide bonds. The Labute approximate surface area is 221 Å². The van der Waals surface area contributed by atoms with Crippen molar-refractivity contribution >= 4 is 17.2 Å². The summed E-state index contributed by atoms with van der Waals surface area (Å²) in [4.78, 5) is 20.1. The van der Waals surface area contributed by atoms with E-state index in [1.165, 1.54) is 17.6 Å². The van der Waals surface area contributed by atoms with Crippen molar-refractivity contribution in [1.29, 1.82) is 0 Å². The van der Waals surface area contributed by atoms with E-state index >= 15 is 4.39 Å². The van der Waals surface area contributed by atoms with Gasteiger partial charge in [0.2, 0.25) is 0 Å². The van der Waals surface area contributed by atoms with Gasteiger partial charge in [-0.2, -0.15) is 13.2 Å². The van der Waals surface area contributed by atoms with E-state index in [1.54, 1.807) is 25.8 Å². The van der Waals surface area contributed by atoms with E-state index in [9.17, 15) is 28.2 Å². The summed E-state index contributed by atoms with van der Waals surface area (Å²) in [5.41, 5.74) is -5.61. The first-order chi connectivity index (χ1) is 17.5. The number of hydrogen-bond acceptors (Lipinski definition) is 7. The van der Waals surface area contributed by atoms with E-state index in [1.807, 2.05) is 6.92 Å². The van der Waals surface area contributed by atoms with Crippen LogP contribution in [0.1, 0.15) is 68.0 Å². The molecule has 4 rings (SSSR count). The minimum Gasteiger partial charge on any atom is -0.382 e. The summed E-state index contributed by atoms with van der Waals surface area (Å²) in [5.74, 6) is -1.10. The van der Waals surface area contributed by atoms with Crippen molar-refractivity contribution in [2.75, 3.05) is 6.54 Å². The van der Waals surface area contributed by atoms with Crippen molar-refractivity contribution in [3.63, 3.8) is 0 Å². The molecule has 0 spiro atoms. The fourth-order valence-electron chi connectivity index (χ4n) is 4.62. The van der Waals surface area contributed by atoms with Gasteiger partial charge in [-0.05, 0) is 58.6 Å². The quantitative estimate of drug-likeness (QED) is 0.444. The van der Waals surface area contributed by atoms with Gasteiger partial charge in [-0.3, -0.25) is 4.79 Å². The topological polar surface area (TPSA) is 104 Å². The van der Waals surface area contributed by atoms with Crippen LogP contribution < -0.4 is 0 Å². The third-order valence-corrected chi connectivity index (χ3v) is 8.05. The van der Waals surface area contributed by atoms with Gasteiger partial charge in [-0.1, -0.05) is 12.1 Å². The Balaban J connectivity index is 1.91. The summed E-state index contributed by atoms with van der Waals surface area (Å²) in [7, 11) is 1.63. The zero-order chi connectivity index (χ0) is 28.4. The second kappa shape index (κ2) is 9.38. The molecule has 0 bridgehead atoms.